The molecule has 0 radical (unpaired) electrons. The summed E-state index contributed by atoms with van der Waals surface area (Å²) in [6.45, 7) is 4.98. The molecule has 2 atom stereocenters. The minimum atomic E-state index is -0.663. The number of carbonyl (C=O) groups is 2. The summed E-state index contributed by atoms with van der Waals surface area (Å²) in [6, 6.07) is -0.540. The standard InChI is InChI=1S/C70H137NO5/c1-3-5-7-9-11-13-15-17-19-20-29-32-35-38-42-46-50-54-58-62-68(73)67(66-72)71-69(74)63-59-55-51-47-43-39-36-33-30-27-25-23-21-22-24-26-28-31-34-37-41-45-49-53-57-61-65-76-70(75)64-60-56-52-48-44-40-18-16-14-12-10-8-6-4-2/h16,18,67-68,72-73H,3-15,17,19-66H2,1-2H3,(H,71,74)/b18-16-. The Kier molecular flexibility index (Phi) is 64.9. The van der Waals surface area contributed by atoms with E-state index in [0.29, 0.717) is 25.9 Å². The van der Waals surface area contributed by atoms with Crippen molar-refractivity contribution in [2.24, 2.45) is 0 Å². The Balaban J connectivity index is 3.35. The highest BCUT2D eigenvalue weighted by atomic mass is 16.5. The number of ether oxygens (including phenoxy) is 1. The van der Waals surface area contributed by atoms with E-state index >= 15 is 0 Å². The lowest BCUT2D eigenvalue weighted by Gasteiger charge is -2.22. The third-order valence-electron chi connectivity index (χ3n) is 16.6. The number of aliphatic hydroxyl groups is 2. The molecule has 0 fully saturated rings. The van der Waals surface area contributed by atoms with Gasteiger partial charge in [-0.25, -0.2) is 0 Å². The van der Waals surface area contributed by atoms with Gasteiger partial charge in [0.1, 0.15) is 0 Å². The van der Waals surface area contributed by atoms with E-state index in [1.54, 1.807) is 0 Å². The van der Waals surface area contributed by atoms with Gasteiger partial charge >= 0.3 is 5.97 Å². The number of aliphatic hydroxyl groups excluding tert-OH is 2. The van der Waals surface area contributed by atoms with Gasteiger partial charge in [-0.2, -0.15) is 0 Å². The van der Waals surface area contributed by atoms with Crippen molar-refractivity contribution >= 4 is 11.9 Å². The van der Waals surface area contributed by atoms with E-state index in [9.17, 15) is 19.8 Å². The molecule has 0 aliphatic heterocycles. The highest BCUT2D eigenvalue weighted by Gasteiger charge is 2.20. The molecule has 452 valence electrons. The van der Waals surface area contributed by atoms with Gasteiger partial charge in [-0.3, -0.25) is 9.59 Å². The van der Waals surface area contributed by atoms with Crippen LogP contribution in [0.3, 0.4) is 0 Å². The van der Waals surface area contributed by atoms with Crippen LogP contribution in [-0.4, -0.2) is 47.4 Å². The number of amides is 1. The summed E-state index contributed by atoms with van der Waals surface area (Å²) in [7, 11) is 0. The third-order valence-corrected chi connectivity index (χ3v) is 16.6. The molecule has 0 saturated heterocycles. The van der Waals surface area contributed by atoms with Gasteiger partial charge in [0.2, 0.25) is 5.91 Å². The number of esters is 1. The Hall–Kier alpha value is -1.40. The van der Waals surface area contributed by atoms with Crippen LogP contribution in [0.25, 0.3) is 0 Å². The molecule has 3 N–H and O–H groups in total. The average molecular weight is 1070 g/mol. The highest BCUT2D eigenvalue weighted by Crippen LogP contribution is 2.19. The number of carbonyl (C=O) groups excluding carboxylic acids is 2. The minimum Gasteiger partial charge on any atom is -0.466 e. The maximum Gasteiger partial charge on any atom is 0.305 e. The second-order valence-corrected chi connectivity index (χ2v) is 24.2. The normalized spacial score (nSPS) is 12.5. The van der Waals surface area contributed by atoms with Crippen molar-refractivity contribution in [3.8, 4) is 0 Å². The second kappa shape index (κ2) is 66.1. The zero-order chi connectivity index (χ0) is 55.0. The van der Waals surface area contributed by atoms with Crippen LogP contribution in [0.5, 0.6) is 0 Å². The molecule has 0 saturated carbocycles. The maximum absolute atomic E-state index is 12.5. The van der Waals surface area contributed by atoms with Gasteiger partial charge in [0, 0.05) is 12.8 Å². The van der Waals surface area contributed by atoms with Crippen LogP contribution in [-0.2, 0) is 14.3 Å². The van der Waals surface area contributed by atoms with Crippen molar-refractivity contribution < 1.29 is 24.5 Å². The first-order valence-electron chi connectivity index (χ1n) is 34.9. The summed E-state index contributed by atoms with van der Waals surface area (Å²) >= 11 is 0. The van der Waals surface area contributed by atoms with Gasteiger partial charge in [0.25, 0.3) is 0 Å². The van der Waals surface area contributed by atoms with Crippen LogP contribution < -0.4 is 5.32 Å². The SMILES string of the molecule is CCCCCCC/C=C\CCCCCCCC(=O)OCCCCCCCCCCCCCCCCCCCCCCCCCCCCC(=O)NC(CO)C(O)CCCCCCCCCCCCCCCCCCCCC. The van der Waals surface area contributed by atoms with E-state index in [1.807, 2.05) is 0 Å². The third kappa shape index (κ3) is 61.8. The van der Waals surface area contributed by atoms with Crippen LogP contribution in [0.1, 0.15) is 399 Å². The topological polar surface area (TPSA) is 95.9 Å². The van der Waals surface area contributed by atoms with Gasteiger partial charge in [-0.1, -0.05) is 347 Å². The number of rotatable bonds is 66. The summed E-state index contributed by atoms with van der Waals surface area (Å²) in [6.07, 6.45) is 81.1. The molecule has 1 amide bonds. The average Bonchev–Trinajstić information content (AvgIpc) is 3.42. The first-order valence-corrected chi connectivity index (χ1v) is 34.9. The van der Waals surface area contributed by atoms with Gasteiger partial charge in [0.15, 0.2) is 0 Å². The number of hydrogen-bond donors (Lipinski definition) is 3. The Morgan fingerprint density at radius 3 is 0.934 bits per heavy atom. The Labute approximate surface area is 476 Å². The summed E-state index contributed by atoms with van der Waals surface area (Å²) in [5.41, 5.74) is 0. The van der Waals surface area contributed by atoms with E-state index in [0.717, 1.165) is 44.9 Å². The Morgan fingerprint density at radius 1 is 0.355 bits per heavy atom. The van der Waals surface area contributed by atoms with Crippen LogP contribution in [0.15, 0.2) is 12.2 Å². The molecule has 0 aliphatic carbocycles. The lowest BCUT2D eigenvalue weighted by atomic mass is 10.0. The van der Waals surface area contributed by atoms with Crippen LogP contribution in [0.2, 0.25) is 0 Å². The van der Waals surface area contributed by atoms with Gasteiger partial charge < -0.3 is 20.3 Å². The summed E-state index contributed by atoms with van der Waals surface area (Å²) in [4.78, 5) is 24.6. The number of allylic oxidation sites excluding steroid dienone is 2. The quantitative estimate of drug-likeness (QED) is 0.0320. The predicted molar refractivity (Wildman–Crippen MR) is 333 cm³/mol. The molecule has 0 aliphatic rings. The van der Waals surface area contributed by atoms with Crippen LogP contribution in [0, 0.1) is 0 Å². The molecular weight excluding hydrogens is 935 g/mol. The fourth-order valence-corrected chi connectivity index (χ4v) is 11.2. The van der Waals surface area contributed by atoms with Crippen molar-refractivity contribution in [1.29, 1.82) is 0 Å². The van der Waals surface area contributed by atoms with E-state index in [1.165, 1.54) is 321 Å². The molecule has 0 spiro atoms. The fourth-order valence-electron chi connectivity index (χ4n) is 11.2. The number of nitrogens with one attached hydrogen (secondary N) is 1. The molecule has 76 heavy (non-hydrogen) atoms. The zero-order valence-electron chi connectivity index (χ0n) is 51.8. The molecule has 0 aromatic carbocycles. The number of unbranched alkanes of at least 4 members (excludes halogenated alkanes) is 53. The number of hydrogen-bond acceptors (Lipinski definition) is 5. The van der Waals surface area contributed by atoms with E-state index in [-0.39, 0.29) is 18.5 Å². The largest absolute Gasteiger partial charge is 0.466 e. The smallest absolute Gasteiger partial charge is 0.305 e. The van der Waals surface area contributed by atoms with Crippen LogP contribution in [0.4, 0.5) is 0 Å². The molecule has 6 nitrogen and oxygen atoms in total. The second-order valence-electron chi connectivity index (χ2n) is 24.2. The lowest BCUT2D eigenvalue weighted by Crippen LogP contribution is -2.45. The maximum atomic E-state index is 12.5. The summed E-state index contributed by atoms with van der Waals surface area (Å²) in [5.74, 6) is -0.0186. The van der Waals surface area contributed by atoms with E-state index < -0.39 is 12.1 Å². The van der Waals surface area contributed by atoms with Crippen molar-refractivity contribution in [2.75, 3.05) is 13.2 Å². The van der Waals surface area contributed by atoms with Crippen molar-refractivity contribution in [3.05, 3.63) is 12.2 Å². The minimum absolute atomic E-state index is 0.00973. The molecular formula is C70H137NO5. The highest BCUT2D eigenvalue weighted by molar-refractivity contribution is 5.76. The predicted octanol–water partition coefficient (Wildman–Crippen LogP) is 22.4. The van der Waals surface area contributed by atoms with Crippen molar-refractivity contribution in [1.82, 2.24) is 5.32 Å². The molecule has 0 bridgehead atoms. The lowest BCUT2D eigenvalue weighted by molar-refractivity contribution is -0.143. The first kappa shape index (κ1) is 74.6. The van der Waals surface area contributed by atoms with Gasteiger partial charge in [0.05, 0.1) is 25.4 Å². The fraction of sp³-hybridized carbons (Fsp3) is 0.943. The molecule has 2 unspecified atom stereocenters. The molecule has 0 aromatic rings. The van der Waals surface area contributed by atoms with E-state index in [2.05, 4.69) is 31.3 Å². The van der Waals surface area contributed by atoms with Crippen molar-refractivity contribution in [2.45, 2.75) is 411 Å². The van der Waals surface area contributed by atoms with E-state index in [4.69, 9.17) is 4.74 Å². The molecule has 0 rings (SSSR count). The molecule has 0 aromatic heterocycles. The first-order chi connectivity index (χ1) is 37.5. The Morgan fingerprint density at radius 2 is 0.618 bits per heavy atom. The van der Waals surface area contributed by atoms with Crippen LogP contribution >= 0.6 is 0 Å². The molecule has 6 heteroatoms. The zero-order valence-corrected chi connectivity index (χ0v) is 51.8. The van der Waals surface area contributed by atoms with Gasteiger partial charge in [-0.15, -0.1) is 0 Å². The summed E-state index contributed by atoms with van der Waals surface area (Å²) in [5, 5.41) is 23.4. The van der Waals surface area contributed by atoms with Gasteiger partial charge in [-0.05, 0) is 51.4 Å². The summed E-state index contributed by atoms with van der Waals surface area (Å²) < 4.78 is 5.49. The Bertz CT molecular complexity index is 1140. The monoisotopic (exact) mass is 1070 g/mol. The molecule has 0 heterocycles. The van der Waals surface area contributed by atoms with Crippen molar-refractivity contribution in [3.63, 3.8) is 0 Å².